The highest BCUT2D eigenvalue weighted by molar-refractivity contribution is 6.30. The molecule has 35 heavy (non-hydrogen) atoms. The van der Waals surface area contributed by atoms with E-state index in [4.69, 9.17) is 21.3 Å². The first kappa shape index (κ1) is 24.9. The molecule has 1 aromatic carbocycles. The van der Waals surface area contributed by atoms with Crippen molar-refractivity contribution in [2.75, 3.05) is 0 Å². The maximum Gasteiger partial charge on any atom is 0.337 e. The van der Waals surface area contributed by atoms with E-state index >= 15 is 0 Å². The number of pyridine rings is 2. The van der Waals surface area contributed by atoms with Crippen molar-refractivity contribution < 1.29 is 14.6 Å². The monoisotopic (exact) mass is 491 g/mol. The Bertz CT molecular complexity index is 1390. The molecule has 3 aromatic heterocycles. The SMILES string of the molecule is Cc1nc2c(c(C)c(C)n2Cc2ccccn2)c(-c2ccc(Cl)cc2)c1C(OC(C)(C)C)C(=O)O. The zero-order chi connectivity index (χ0) is 25.5. The standard InChI is InChI=1S/C28H30ClN3O3/c1-16-18(3)32(15-21-9-7-8-14-30-21)26-22(16)24(19-10-12-20(29)13-11-19)23(17(2)31-26)25(27(33)34)35-28(4,5)6/h7-14,25H,15H2,1-6H3,(H,33,34). The summed E-state index contributed by atoms with van der Waals surface area (Å²) in [5.74, 6) is -1.05. The fraction of sp³-hybridized carbons (Fsp3) is 0.321. The van der Waals surface area contributed by atoms with Gasteiger partial charge < -0.3 is 14.4 Å². The number of fused-ring (bicyclic) bond motifs is 1. The molecule has 182 valence electrons. The predicted octanol–water partition coefficient (Wildman–Crippen LogP) is 6.67. The summed E-state index contributed by atoms with van der Waals surface area (Å²) in [6.07, 6.45) is 0.594. The summed E-state index contributed by atoms with van der Waals surface area (Å²) in [5, 5.41) is 11.8. The Morgan fingerprint density at radius 3 is 2.37 bits per heavy atom. The molecule has 0 radical (unpaired) electrons. The van der Waals surface area contributed by atoms with Gasteiger partial charge in [0, 0.05) is 39.1 Å². The summed E-state index contributed by atoms with van der Waals surface area (Å²) in [6, 6.07) is 13.3. The van der Waals surface area contributed by atoms with Crippen molar-refractivity contribution in [3.63, 3.8) is 0 Å². The summed E-state index contributed by atoms with van der Waals surface area (Å²) >= 11 is 6.20. The number of ether oxygens (including phenoxy) is 1. The fourth-order valence-electron chi connectivity index (χ4n) is 4.47. The van der Waals surface area contributed by atoms with Gasteiger partial charge in [-0.3, -0.25) is 4.98 Å². The van der Waals surface area contributed by atoms with E-state index in [0.717, 1.165) is 39.1 Å². The Kier molecular flexibility index (Phi) is 6.71. The molecule has 0 saturated heterocycles. The van der Waals surface area contributed by atoms with Crippen LogP contribution in [0.5, 0.6) is 0 Å². The molecule has 0 aliphatic heterocycles. The molecule has 0 saturated carbocycles. The Morgan fingerprint density at radius 1 is 1.11 bits per heavy atom. The van der Waals surface area contributed by atoms with Crippen LogP contribution in [0.1, 0.15) is 55.1 Å². The Balaban J connectivity index is 2.08. The van der Waals surface area contributed by atoms with E-state index in [2.05, 4.69) is 16.5 Å². The van der Waals surface area contributed by atoms with Gasteiger partial charge in [-0.15, -0.1) is 0 Å². The number of aryl methyl sites for hydroxylation is 2. The number of benzene rings is 1. The van der Waals surface area contributed by atoms with Crippen LogP contribution in [0.3, 0.4) is 0 Å². The highest BCUT2D eigenvalue weighted by Crippen LogP contribution is 2.42. The number of aliphatic carboxylic acids is 1. The van der Waals surface area contributed by atoms with Crippen molar-refractivity contribution in [3.05, 3.63) is 81.9 Å². The van der Waals surface area contributed by atoms with Crippen LogP contribution in [0, 0.1) is 20.8 Å². The zero-order valence-electron chi connectivity index (χ0n) is 20.9. The highest BCUT2D eigenvalue weighted by atomic mass is 35.5. The van der Waals surface area contributed by atoms with Crippen LogP contribution in [0.4, 0.5) is 0 Å². The second kappa shape index (κ2) is 9.44. The van der Waals surface area contributed by atoms with Crippen LogP contribution in [-0.2, 0) is 16.1 Å². The van der Waals surface area contributed by atoms with E-state index in [1.807, 2.05) is 77.1 Å². The summed E-state index contributed by atoms with van der Waals surface area (Å²) < 4.78 is 8.23. The number of carboxylic acids is 1. The first-order valence-corrected chi connectivity index (χ1v) is 11.9. The van der Waals surface area contributed by atoms with E-state index in [1.165, 1.54) is 0 Å². The van der Waals surface area contributed by atoms with Crippen LogP contribution in [0.15, 0.2) is 48.7 Å². The van der Waals surface area contributed by atoms with Crippen LogP contribution >= 0.6 is 11.6 Å². The van der Waals surface area contributed by atoms with Gasteiger partial charge in [0.1, 0.15) is 5.65 Å². The molecule has 4 rings (SSSR count). The Hall–Kier alpha value is -3.22. The molecule has 6 nitrogen and oxygen atoms in total. The lowest BCUT2D eigenvalue weighted by Crippen LogP contribution is -2.28. The minimum atomic E-state index is -1.18. The second-order valence-corrected chi connectivity index (χ2v) is 10.2. The smallest absolute Gasteiger partial charge is 0.337 e. The number of halogens is 1. The van der Waals surface area contributed by atoms with Gasteiger partial charge in [-0.25, -0.2) is 9.78 Å². The first-order chi connectivity index (χ1) is 16.5. The van der Waals surface area contributed by atoms with Gasteiger partial charge in [0.25, 0.3) is 0 Å². The fourth-order valence-corrected chi connectivity index (χ4v) is 4.59. The van der Waals surface area contributed by atoms with E-state index in [1.54, 1.807) is 6.20 Å². The number of hydrogen-bond donors (Lipinski definition) is 1. The largest absolute Gasteiger partial charge is 0.479 e. The number of carbonyl (C=O) groups is 1. The number of carboxylic acid groups (broad SMARTS) is 1. The highest BCUT2D eigenvalue weighted by Gasteiger charge is 2.33. The van der Waals surface area contributed by atoms with Gasteiger partial charge >= 0.3 is 5.97 Å². The second-order valence-electron chi connectivity index (χ2n) is 9.76. The van der Waals surface area contributed by atoms with Crippen molar-refractivity contribution in [1.29, 1.82) is 0 Å². The van der Waals surface area contributed by atoms with Gasteiger partial charge in [0.05, 0.1) is 17.8 Å². The van der Waals surface area contributed by atoms with Gasteiger partial charge in [-0.05, 0) is 76.9 Å². The molecule has 0 bridgehead atoms. The molecule has 0 aliphatic rings. The summed E-state index contributed by atoms with van der Waals surface area (Å²) in [5.41, 5.74) is 5.96. The van der Waals surface area contributed by atoms with Crippen molar-refractivity contribution in [3.8, 4) is 11.1 Å². The van der Waals surface area contributed by atoms with Gasteiger partial charge in [0.2, 0.25) is 0 Å². The molecular weight excluding hydrogens is 462 g/mol. The van der Waals surface area contributed by atoms with Crippen LogP contribution in [0.2, 0.25) is 5.02 Å². The van der Waals surface area contributed by atoms with Crippen molar-refractivity contribution in [1.82, 2.24) is 14.5 Å². The predicted molar refractivity (Wildman–Crippen MR) is 139 cm³/mol. The Labute approximate surface area is 210 Å². The van der Waals surface area contributed by atoms with Crippen molar-refractivity contribution in [2.45, 2.75) is 59.8 Å². The maximum absolute atomic E-state index is 12.5. The normalized spacial score (nSPS) is 12.8. The molecule has 3 heterocycles. The van der Waals surface area contributed by atoms with E-state index in [9.17, 15) is 9.90 Å². The van der Waals surface area contributed by atoms with E-state index < -0.39 is 17.7 Å². The minimum Gasteiger partial charge on any atom is -0.479 e. The van der Waals surface area contributed by atoms with Crippen LogP contribution < -0.4 is 0 Å². The number of rotatable bonds is 6. The van der Waals surface area contributed by atoms with E-state index in [0.29, 0.717) is 22.8 Å². The molecule has 1 unspecified atom stereocenters. The van der Waals surface area contributed by atoms with Crippen molar-refractivity contribution in [2.24, 2.45) is 0 Å². The van der Waals surface area contributed by atoms with Crippen molar-refractivity contribution >= 4 is 28.6 Å². The molecule has 0 aliphatic carbocycles. The lowest BCUT2D eigenvalue weighted by molar-refractivity contribution is -0.160. The summed E-state index contributed by atoms with van der Waals surface area (Å²) in [6.45, 7) is 12.1. The molecule has 1 N–H and O–H groups in total. The Morgan fingerprint density at radius 2 is 1.80 bits per heavy atom. The number of nitrogens with zero attached hydrogens (tertiary/aromatic N) is 3. The van der Waals surface area contributed by atoms with E-state index in [-0.39, 0.29) is 0 Å². The average molecular weight is 492 g/mol. The van der Waals surface area contributed by atoms with Crippen LogP contribution in [-0.4, -0.2) is 31.2 Å². The maximum atomic E-state index is 12.5. The molecule has 7 heteroatoms. The molecule has 4 aromatic rings. The first-order valence-electron chi connectivity index (χ1n) is 11.5. The number of hydrogen-bond acceptors (Lipinski definition) is 4. The lowest BCUT2D eigenvalue weighted by atomic mass is 9.91. The molecule has 0 spiro atoms. The topological polar surface area (TPSA) is 77.2 Å². The quantitative estimate of drug-likeness (QED) is 0.326. The third kappa shape index (κ3) is 4.95. The average Bonchev–Trinajstić information content (AvgIpc) is 3.02. The molecular formula is C28H30ClN3O3. The van der Waals surface area contributed by atoms with Gasteiger partial charge in [-0.1, -0.05) is 29.8 Å². The van der Waals surface area contributed by atoms with Crippen LogP contribution in [0.25, 0.3) is 22.2 Å². The molecule has 0 amide bonds. The molecule has 1 atom stereocenters. The summed E-state index contributed by atoms with van der Waals surface area (Å²) in [4.78, 5) is 22.0. The van der Waals surface area contributed by atoms with Gasteiger partial charge in [-0.2, -0.15) is 0 Å². The zero-order valence-corrected chi connectivity index (χ0v) is 21.6. The third-order valence-corrected chi connectivity index (χ3v) is 6.37. The van der Waals surface area contributed by atoms with Gasteiger partial charge in [0.15, 0.2) is 6.10 Å². The summed E-state index contributed by atoms with van der Waals surface area (Å²) in [7, 11) is 0. The minimum absolute atomic E-state index is 0.556. The lowest BCUT2D eigenvalue weighted by Gasteiger charge is -2.28. The third-order valence-electron chi connectivity index (χ3n) is 6.12. The molecule has 0 fully saturated rings. The number of aromatic nitrogens is 3.